The molecular weight excluding hydrogens is 348 g/mol. The van der Waals surface area contributed by atoms with Crippen molar-refractivity contribution in [1.82, 2.24) is 14.8 Å². The van der Waals surface area contributed by atoms with Crippen molar-refractivity contribution in [1.29, 1.82) is 0 Å². The van der Waals surface area contributed by atoms with E-state index in [2.05, 4.69) is 63.0 Å². The summed E-state index contributed by atoms with van der Waals surface area (Å²) in [6.07, 6.45) is 2.99. The van der Waals surface area contributed by atoms with E-state index in [1.54, 1.807) is 0 Å². The second kappa shape index (κ2) is 8.93. The summed E-state index contributed by atoms with van der Waals surface area (Å²) in [5, 5.41) is 0. The predicted octanol–water partition coefficient (Wildman–Crippen LogP) is 3.05. The highest BCUT2D eigenvalue weighted by Crippen LogP contribution is 2.29. The lowest BCUT2D eigenvalue weighted by Gasteiger charge is -2.39. The minimum absolute atomic E-state index is 0.571. The van der Waals surface area contributed by atoms with Gasteiger partial charge in [0.2, 0.25) is 0 Å². The van der Waals surface area contributed by atoms with Gasteiger partial charge >= 0.3 is 0 Å². The molecule has 4 rings (SSSR count). The normalized spacial score (nSPS) is 20.8. The van der Waals surface area contributed by atoms with Crippen molar-refractivity contribution in [2.45, 2.75) is 32.9 Å². The van der Waals surface area contributed by atoms with E-state index in [9.17, 15) is 0 Å². The molecule has 0 N–H and O–H groups in total. The van der Waals surface area contributed by atoms with E-state index < -0.39 is 0 Å². The van der Waals surface area contributed by atoms with Crippen LogP contribution in [0.1, 0.15) is 25.1 Å². The molecule has 0 amide bonds. The zero-order valence-electron chi connectivity index (χ0n) is 17.2. The van der Waals surface area contributed by atoms with Crippen LogP contribution in [-0.4, -0.2) is 66.7 Å². The molecule has 5 heteroatoms. The zero-order valence-corrected chi connectivity index (χ0v) is 17.2. The Morgan fingerprint density at radius 3 is 2.68 bits per heavy atom. The average molecular weight is 381 g/mol. The van der Waals surface area contributed by atoms with E-state index >= 15 is 0 Å². The fourth-order valence-electron chi connectivity index (χ4n) is 4.36. The molecule has 1 aromatic carbocycles. The maximum Gasteiger partial charge on any atom is 0.142 e. The number of hydrogen-bond acceptors (Lipinski definition) is 5. The largest absolute Gasteiger partial charge is 0.492 e. The van der Waals surface area contributed by atoms with Crippen molar-refractivity contribution in [3.63, 3.8) is 0 Å². The van der Waals surface area contributed by atoms with Crippen LogP contribution in [0.25, 0.3) is 0 Å². The number of benzene rings is 1. The van der Waals surface area contributed by atoms with Crippen molar-refractivity contribution in [2.75, 3.05) is 50.8 Å². The first-order valence-electron chi connectivity index (χ1n) is 10.6. The number of para-hydroxylation sites is 2. The summed E-state index contributed by atoms with van der Waals surface area (Å²) in [6.45, 7) is 12.7. The maximum absolute atomic E-state index is 5.82. The van der Waals surface area contributed by atoms with Gasteiger partial charge < -0.3 is 9.64 Å². The third-order valence-electron chi connectivity index (χ3n) is 6.05. The predicted molar refractivity (Wildman–Crippen MR) is 114 cm³/mol. The molecule has 1 saturated heterocycles. The fourth-order valence-corrected chi connectivity index (χ4v) is 4.36. The molecule has 1 aromatic heterocycles. The van der Waals surface area contributed by atoms with Crippen molar-refractivity contribution < 1.29 is 4.74 Å². The number of aromatic nitrogens is 1. The van der Waals surface area contributed by atoms with E-state index in [4.69, 9.17) is 4.74 Å². The molecule has 1 fully saturated rings. The summed E-state index contributed by atoms with van der Waals surface area (Å²) in [6, 6.07) is 13.3. The molecule has 0 aliphatic carbocycles. The SMILES string of the molecule is CCOc1ccccc1N1CCN(CCN2Cc3cccnc3CC2C)CC1. The Kier molecular flexibility index (Phi) is 6.13. The maximum atomic E-state index is 5.82. The van der Waals surface area contributed by atoms with Gasteiger partial charge in [-0.05, 0) is 37.6 Å². The van der Waals surface area contributed by atoms with E-state index in [0.29, 0.717) is 12.6 Å². The molecule has 0 saturated carbocycles. The third kappa shape index (κ3) is 4.31. The highest BCUT2D eigenvalue weighted by Gasteiger charge is 2.25. The van der Waals surface area contributed by atoms with Crippen molar-refractivity contribution in [3.05, 3.63) is 53.9 Å². The van der Waals surface area contributed by atoms with E-state index in [-0.39, 0.29) is 0 Å². The summed E-state index contributed by atoms with van der Waals surface area (Å²) in [4.78, 5) is 12.2. The minimum Gasteiger partial charge on any atom is -0.492 e. The summed E-state index contributed by atoms with van der Waals surface area (Å²) in [5.74, 6) is 1.01. The van der Waals surface area contributed by atoms with Crippen LogP contribution >= 0.6 is 0 Å². The average Bonchev–Trinajstić information content (AvgIpc) is 2.73. The first kappa shape index (κ1) is 19.2. The van der Waals surface area contributed by atoms with Crippen LogP contribution in [0.5, 0.6) is 5.75 Å². The Morgan fingerprint density at radius 2 is 1.86 bits per heavy atom. The molecule has 5 nitrogen and oxygen atoms in total. The summed E-state index contributed by atoms with van der Waals surface area (Å²) in [7, 11) is 0. The Labute approximate surface area is 168 Å². The molecule has 2 aliphatic heterocycles. The lowest BCUT2D eigenvalue weighted by atomic mass is 10.00. The molecule has 0 spiro atoms. The molecule has 150 valence electrons. The topological polar surface area (TPSA) is 31.8 Å². The summed E-state index contributed by atoms with van der Waals surface area (Å²) in [5.41, 5.74) is 3.92. The highest BCUT2D eigenvalue weighted by atomic mass is 16.5. The molecule has 2 aliphatic rings. The molecule has 28 heavy (non-hydrogen) atoms. The number of rotatable bonds is 6. The Hall–Kier alpha value is -2.11. The first-order valence-corrected chi connectivity index (χ1v) is 10.6. The Morgan fingerprint density at radius 1 is 1.04 bits per heavy atom. The van der Waals surface area contributed by atoms with Crippen LogP contribution in [0.15, 0.2) is 42.6 Å². The number of piperazine rings is 1. The van der Waals surface area contributed by atoms with Gasteiger partial charge in [-0.25, -0.2) is 0 Å². The molecule has 0 bridgehead atoms. The summed E-state index contributed by atoms with van der Waals surface area (Å²) >= 11 is 0. The van der Waals surface area contributed by atoms with Crippen molar-refractivity contribution in [2.24, 2.45) is 0 Å². The van der Waals surface area contributed by atoms with Crippen LogP contribution in [0.2, 0.25) is 0 Å². The quantitative estimate of drug-likeness (QED) is 0.769. The number of pyridine rings is 1. The second-order valence-electron chi connectivity index (χ2n) is 7.86. The smallest absolute Gasteiger partial charge is 0.142 e. The Bertz CT molecular complexity index is 773. The van der Waals surface area contributed by atoms with Gasteiger partial charge in [0.25, 0.3) is 0 Å². The lowest BCUT2D eigenvalue weighted by Crippen LogP contribution is -2.50. The van der Waals surface area contributed by atoms with E-state index in [1.807, 2.05) is 13.1 Å². The monoisotopic (exact) mass is 380 g/mol. The van der Waals surface area contributed by atoms with Crippen LogP contribution in [0.4, 0.5) is 5.69 Å². The number of ether oxygens (including phenoxy) is 1. The molecule has 2 aromatic rings. The van der Waals surface area contributed by atoms with E-state index in [1.165, 1.54) is 16.9 Å². The third-order valence-corrected chi connectivity index (χ3v) is 6.05. The van der Waals surface area contributed by atoms with Gasteiger partial charge in [-0.15, -0.1) is 0 Å². The number of nitrogens with zero attached hydrogens (tertiary/aromatic N) is 4. The summed E-state index contributed by atoms with van der Waals surface area (Å²) < 4.78 is 5.82. The van der Waals surface area contributed by atoms with Crippen LogP contribution in [0, 0.1) is 0 Å². The van der Waals surface area contributed by atoms with Gasteiger partial charge in [-0.3, -0.25) is 14.8 Å². The van der Waals surface area contributed by atoms with Crippen molar-refractivity contribution >= 4 is 5.69 Å². The zero-order chi connectivity index (χ0) is 19.3. The number of fused-ring (bicyclic) bond motifs is 1. The van der Waals surface area contributed by atoms with Crippen LogP contribution < -0.4 is 9.64 Å². The first-order chi connectivity index (χ1) is 13.7. The number of hydrogen-bond donors (Lipinski definition) is 0. The van der Waals surface area contributed by atoms with Gasteiger partial charge in [-0.1, -0.05) is 18.2 Å². The lowest BCUT2D eigenvalue weighted by molar-refractivity contribution is 0.146. The second-order valence-corrected chi connectivity index (χ2v) is 7.86. The van der Waals surface area contributed by atoms with Gasteiger partial charge in [0, 0.05) is 70.2 Å². The highest BCUT2D eigenvalue weighted by molar-refractivity contribution is 5.58. The van der Waals surface area contributed by atoms with E-state index in [0.717, 1.165) is 58.0 Å². The molecule has 1 unspecified atom stereocenters. The minimum atomic E-state index is 0.571. The molecular formula is C23H32N4O. The number of anilines is 1. The fraction of sp³-hybridized carbons (Fsp3) is 0.522. The van der Waals surface area contributed by atoms with Gasteiger partial charge in [-0.2, -0.15) is 0 Å². The van der Waals surface area contributed by atoms with Crippen LogP contribution in [0.3, 0.4) is 0 Å². The van der Waals surface area contributed by atoms with Gasteiger partial charge in [0.05, 0.1) is 12.3 Å². The van der Waals surface area contributed by atoms with Gasteiger partial charge in [0.1, 0.15) is 5.75 Å². The van der Waals surface area contributed by atoms with Crippen molar-refractivity contribution in [3.8, 4) is 5.75 Å². The molecule has 0 radical (unpaired) electrons. The van der Waals surface area contributed by atoms with Gasteiger partial charge in [0.15, 0.2) is 0 Å². The molecule has 3 heterocycles. The molecule has 1 atom stereocenters. The Balaban J connectivity index is 1.29. The standard InChI is InChI=1S/C23H32N4O/c1-3-28-23-9-5-4-8-22(23)26-14-11-25(12-15-26)13-16-27-18-20-7-6-10-24-21(20)17-19(27)2/h4-10,19H,3,11-18H2,1-2H3. The van der Waals surface area contributed by atoms with Crippen LogP contribution in [-0.2, 0) is 13.0 Å².